The zero-order valence-electron chi connectivity index (χ0n) is 11.6. The van der Waals surface area contributed by atoms with E-state index in [1.54, 1.807) is 6.07 Å². The minimum absolute atomic E-state index is 0.00817. The Balaban J connectivity index is 1.93. The molecule has 2 rings (SSSR count). The molecule has 2 aromatic carbocycles. The van der Waals surface area contributed by atoms with E-state index in [1.165, 1.54) is 18.2 Å². The Labute approximate surface area is 138 Å². The molecule has 5 nitrogen and oxygen atoms in total. The molecule has 0 aliphatic carbocycles. The van der Waals surface area contributed by atoms with E-state index < -0.39 is 30.0 Å². The van der Waals surface area contributed by atoms with Crippen molar-refractivity contribution in [2.24, 2.45) is 0 Å². The van der Waals surface area contributed by atoms with E-state index in [9.17, 15) is 23.5 Å². The van der Waals surface area contributed by atoms with Gasteiger partial charge in [-0.25, -0.2) is 8.78 Å². The van der Waals surface area contributed by atoms with Gasteiger partial charge in [0.2, 0.25) is 5.91 Å². The first kappa shape index (κ1) is 16.9. The summed E-state index contributed by atoms with van der Waals surface area (Å²) in [6, 6.07) is 7.20. The summed E-state index contributed by atoms with van der Waals surface area (Å²) in [6.07, 6.45) is 0. The summed E-state index contributed by atoms with van der Waals surface area (Å²) >= 11 is 3.14. The average molecular weight is 385 g/mol. The second kappa shape index (κ2) is 7.19. The van der Waals surface area contributed by atoms with Crippen LogP contribution in [0.1, 0.15) is 10.4 Å². The minimum atomic E-state index is -1.09. The molecular weight excluding hydrogens is 374 g/mol. The van der Waals surface area contributed by atoms with Gasteiger partial charge in [-0.15, -0.1) is 0 Å². The number of phenolic OH excluding ortho intramolecular Hbond substituents is 1. The first-order valence-corrected chi connectivity index (χ1v) is 7.17. The third-order valence-corrected chi connectivity index (χ3v) is 3.31. The number of nitrogens with one attached hydrogen (secondary N) is 2. The summed E-state index contributed by atoms with van der Waals surface area (Å²) in [5.74, 6) is -3.62. The van der Waals surface area contributed by atoms with Gasteiger partial charge >= 0.3 is 0 Å². The molecular formula is C15H11BrF2N2O3. The Bertz CT molecular complexity index is 768. The highest BCUT2D eigenvalue weighted by molar-refractivity contribution is 9.10. The van der Waals surface area contributed by atoms with Crippen LogP contribution in [0, 0.1) is 11.6 Å². The maximum absolute atomic E-state index is 13.0. The van der Waals surface area contributed by atoms with Gasteiger partial charge in [0.1, 0.15) is 5.75 Å². The first-order chi connectivity index (χ1) is 10.9. The standard InChI is InChI=1S/C15H11BrF2N2O3/c16-8-1-3-10(13(21)5-8)15(23)19-7-14(22)20-9-2-4-11(17)12(18)6-9/h1-6,21H,7H2,(H,19,23)(H,20,22). The van der Waals surface area contributed by atoms with Gasteiger partial charge in [-0.05, 0) is 30.3 Å². The predicted molar refractivity (Wildman–Crippen MR) is 83.1 cm³/mol. The monoisotopic (exact) mass is 384 g/mol. The topological polar surface area (TPSA) is 78.4 Å². The fourth-order valence-electron chi connectivity index (χ4n) is 1.73. The molecule has 2 aromatic rings. The smallest absolute Gasteiger partial charge is 0.255 e. The molecule has 0 radical (unpaired) electrons. The molecule has 0 atom stereocenters. The van der Waals surface area contributed by atoms with Crippen LogP contribution < -0.4 is 10.6 Å². The molecule has 23 heavy (non-hydrogen) atoms. The average Bonchev–Trinajstić information content (AvgIpc) is 2.48. The van der Waals surface area contributed by atoms with Crippen molar-refractivity contribution in [3.05, 3.63) is 58.1 Å². The van der Waals surface area contributed by atoms with Crippen LogP contribution in [0.2, 0.25) is 0 Å². The van der Waals surface area contributed by atoms with Crippen LogP contribution in [0.25, 0.3) is 0 Å². The minimum Gasteiger partial charge on any atom is -0.507 e. The molecule has 2 amide bonds. The third kappa shape index (κ3) is 4.49. The van der Waals surface area contributed by atoms with Crippen LogP contribution in [-0.2, 0) is 4.79 Å². The summed E-state index contributed by atoms with van der Waals surface area (Å²) in [7, 11) is 0. The SMILES string of the molecule is O=C(CNC(=O)c1ccc(Br)cc1O)Nc1ccc(F)c(F)c1. The van der Waals surface area contributed by atoms with Gasteiger partial charge in [0.25, 0.3) is 5.91 Å². The maximum Gasteiger partial charge on any atom is 0.255 e. The molecule has 0 aliphatic heterocycles. The van der Waals surface area contributed by atoms with Crippen molar-refractivity contribution in [3.8, 4) is 5.75 Å². The molecule has 0 bridgehead atoms. The number of rotatable bonds is 4. The molecule has 0 saturated carbocycles. The Hall–Kier alpha value is -2.48. The normalized spacial score (nSPS) is 10.2. The molecule has 0 saturated heterocycles. The van der Waals surface area contributed by atoms with E-state index in [0.717, 1.165) is 12.1 Å². The Morgan fingerprint density at radius 3 is 2.48 bits per heavy atom. The number of phenols is 1. The summed E-state index contributed by atoms with van der Waals surface area (Å²) in [6.45, 7) is -0.396. The van der Waals surface area contributed by atoms with E-state index >= 15 is 0 Å². The Morgan fingerprint density at radius 2 is 1.83 bits per heavy atom. The highest BCUT2D eigenvalue weighted by Crippen LogP contribution is 2.22. The number of hydrogen-bond acceptors (Lipinski definition) is 3. The van der Waals surface area contributed by atoms with Crippen molar-refractivity contribution in [3.63, 3.8) is 0 Å². The quantitative estimate of drug-likeness (QED) is 0.758. The Morgan fingerprint density at radius 1 is 1.09 bits per heavy atom. The number of amides is 2. The lowest BCUT2D eigenvalue weighted by molar-refractivity contribution is -0.115. The maximum atomic E-state index is 13.0. The fourth-order valence-corrected chi connectivity index (χ4v) is 2.08. The molecule has 0 unspecified atom stereocenters. The number of anilines is 1. The van der Waals surface area contributed by atoms with Gasteiger partial charge in [0.05, 0.1) is 12.1 Å². The lowest BCUT2D eigenvalue weighted by Gasteiger charge is -2.08. The fraction of sp³-hybridized carbons (Fsp3) is 0.0667. The van der Waals surface area contributed by atoms with E-state index in [-0.39, 0.29) is 17.0 Å². The largest absolute Gasteiger partial charge is 0.507 e. The van der Waals surface area contributed by atoms with Gasteiger partial charge in [-0.3, -0.25) is 9.59 Å². The zero-order chi connectivity index (χ0) is 17.0. The number of halogens is 3. The number of carbonyl (C=O) groups is 2. The van der Waals surface area contributed by atoms with Crippen molar-refractivity contribution in [1.29, 1.82) is 0 Å². The Kier molecular flexibility index (Phi) is 5.28. The lowest BCUT2D eigenvalue weighted by atomic mass is 10.2. The highest BCUT2D eigenvalue weighted by atomic mass is 79.9. The van der Waals surface area contributed by atoms with Crippen LogP contribution in [-0.4, -0.2) is 23.5 Å². The third-order valence-electron chi connectivity index (χ3n) is 2.82. The van der Waals surface area contributed by atoms with E-state index in [1.807, 2.05) is 0 Å². The molecule has 0 aliphatic rings. The summed E-state index contributed by atoms with van der Waals surface area (Å²) < 4.78 is 26.4. The van der Waals surface area contributed by atoms with E-state index in [4.69, 9.17) is 0 Å². The van der Waals surface area contributed by atoms with Crippen molar-refractivity contribution in [1.82, 2.24) is 5.32 Å². The lowest BCUT2D eigenvalue weighted by Crippen LogP contribution is -2.32. The first-order valence-electron chi connectivity index (χ1n) is 6.38. The van der Waals surface area contributed by atoms with Gasteiger partial charge in [0, 0.05) is 16.2 Å². The highest BCUT2D eigenvalue weighted by Gasteiger charge is 2.13. The van der Waals surface area contributed by atoms with Gasteiger partial charge in [-0.2, -0.15) is 0 Å². The van der Waals surface area contributed by atoms with Gasteiger partial charge in [0.15, 0.2) is 11.6 Å². The number of hydrogen-bond donors (Lipinski definition) is 3. The van der Waals surface area contributed by atoms with E-state index in [2.05, 4.69) is 26.6 Å². The van der Waals surface area contributed by atoms with E-state index in [0.29, 0.717) is 4.47 Å². The van der Waals surface area contributed by atoms with Crippen LogP contribution in [0.4, 0.5) is 14.5 Å². The van der Waals surface area contributed by atoms with Crippen molar-refractivity contribution < 1.29 is 23.5 Å². The van der Waals surface area contributed by atoms with Crippen LogP contribution in [0.15, 0.2) is 40.9 Å². The molecule has 120 valence electrons. The number of benzene rings is 2. The second-order valence-corrected chi connectivity index (χ2v) is 5.44. The second-order valence-electron chi connectivity index (χ2n) is 4.52. The predicted octanol–water partition coefficient (Wildman–Crippen LogP) is 2.80. The van der Waals surface area contributed by atoms with Crippen molar-refractivity contribution >= 4 is 33.4 Å². The zero-order valence-corrected chi connectivity index (χ0v) is 13.2. The molecule has 3 N–H and O–H groups in total. The van der Waals surface area contributed by atoms with Gasteiger partial charge < -0.3 is 15.7 Å². The van der Waals surface area contributed by atoms with Crippen molar-refractivity contribution in [2.45, 2.75) is 0 Å². The van der Waals surface area contributed by atoms with Gasteiger partial charge in [-0.1, -0.05) is 15.9 Å². The molecule has 0 heterocycles. The van der Waals surface area contributed by atoms with Crippen molar-refractivity contribution in [2.75, 3.05) is 11.9 Å². The number of carbonyl (C=O) groups excluding carboxylic acids is 2. The van der Waals surface area contributed by atoms with Crippen LogP contribution in [0.3, 0.4) is 0 Å². The molecule has 8 heteroatoms. The summed E-state index contributed by atoms with van der Waals surface area (Å²) in [4.78, 5) is 23.5. The number of aromatic hydroxyl groups is 1. The molecule has 0 aromatic heterocycles. The van der Waals surface area contributed by atoms with Crippen LogP contribution in [0.5, 0.6) is 5.75 Å². The summed E-state index contributed by atoms with van der Waals surface area (Å²) in [5, 5.41) is 14.3. The molecule has 0 fully saturated rings. The molecule has 0 spiro atoms. The summed E-state index contributed by atoms with van der Waals surface area (Å²) in [5.41, 5.74) is 0.0727. The van der Waals surface area contributed by atoms with Crippen LogP contribution >= 0.6 is 15.9 Å².